The first-order chi connectivity index (χ1) is 12.9. The standard InChI is InChI=1S/C19H20F3N3O2/c1-27-14-7-4-6-12(9-14)17-15(11-24-25-17)18(26)23-10-13-5-2-3-8-16(13)19(20,21)22/h2-9,15,17,24-25H,10-11H2,1H3,(H,23,26). The summed E-state index contributed by atoms with van der Waals surface area (Å²) in [5.41, 5.74) is 6.14. The van der Waals surface area contributed by atoms with Gasteiger partial charge in [-0.15, -0.1) is 0 Å². The molecule has 5 nitrogen and oxygen atoms in total. The summed E-state index contributed by atoms with van der Waals surface area (Å²) in [6.07, 6.45) is -4.46. The van der Waals surface area contributed by atoms with Crippen molar-refractivity contribution in [3.05, 3.63) is 65.2 Å². The molecule has 0 spiro atoms. The third-order valence-electron chi connectivity index (χ3n) is 4.55. The van der Waals surface area contributed by atoms with Gasteiger partial charge in [0.25, 0.3) is 0 Å². The molecule has 1 aliphatic rings. The summed E-state index contributed by atoms with van der Waals surface area (Å²) in [7, 11) is 1.56. The van der Waals surface area contributed by atoms with Gasteiger partial charge in [-0.3, -0.25) is 10.2 Å². The zero-order chi connectivity index (χ0) is 19.4. The van der Waals surface area contributed by atoms with Crippen LogP contribution >= 0.6 is 0 Å². The third-order valence-corrected chi connectivity index (χ3v) is 4.55. The van der Waals surface area contributed by atoms with Crippen molar-refractivity contribution in [2.45, 2.75) is 18.8 Å². The van der Waals surface area contributed by atoms with E-state index < -0.39 is 17.7 Å². The first-order valence-corrected chi connectivity index (χ1v) is 8.45. The molecule has 0 radical (unpaired) electrons. The Bertz CT molecular complexity index is 811. The van der Waals surface area contributed by atoms with Gasteiger partial charge in [-0.25, -0.2) is 5.43 Å². The number of amides is 1. The van der Waals surface area contributed by atoms with Crippen molar-refractivity contribution in [3.8, 4) is 5.75 Å². The van der Waals surface area contributed by atoms with Gasteiger partial charge in [0.1, 0.15) is 5.75 Å². The normalized spacial score (nSPS) is 19.7. The van der Waals surface area contributed by atoms with Crippen LogP contribution in [0.5, 0.6) is 5.75 Å². The van der Waals surface area contributed by atoms with Crippen molar-refractivity contribution in [1.29, 1.82) is 0 Å². The Kier molecular flexibility index (Phi) is 5.67. The van der Waals surface area contributed by atoms with E-state index >= 15 is 0 Å². The largest absolute Gasteiger partial charge is 0.497 e. The van der Waals surface area contributed by atoms with Crippen LogP contribution in [-0.4, -0.2) is 19.6 Å². The highest BCUT2D eigenvalue weighted by Crippen LogP contribution is 2.32. The third kappa shape index (κ3) is 4.40. The Labute approximate surface area is 154 Å². The van der Waals surface area contributed by atoms with Gasteiger partial charge in [0.05, 0.1) is 24.6 Å². The van der Waals surface area contributed by atoms with Crippen LogP contribution in [0.25, 0.3) is 0 Å². The highest BCUT2D eigenvalue weighted by molar-refractivity contribution is 5.80. The molecule has 1 aliphatic heterocycles. The molecular weight excluding hydrogens is 359 g/mol. The number of benzene rings is 2. The van der Waals surface area contributed by atoms with Crippen molar-refractivity contribution in [3.63, 3.8) is 0 Å². The number of hydrogen-bond acceptors (Lipinski definition) is 4. The number of hydrazine groups is 1. The summed E-state index contributed by atoms with van der Waals surface area (Å²) >= 11 is 0. The molecule has 0 bridgehead atoms. The predicted octanol–water partition coefficient (Wildman–Crippen LogP) is 2.80. The number of carbonyl (C=O) groups is 1. The highest BCUT2D eigenvalue weighted by atomic mass is 19.4. The van der Waals surface area contributed by atoms with E-state index in [9.17, 15) is 18.0 Å². The van der Waals surface area contributed by atoms with E-state index in [0.29, 0.717) is 12.3 Å². The topological polar surface area (TPSA) is 62.4 Å². The molecule has 8 heteroatoms. The molecule has 2 atom stereocenters. The summed E-state index contributed by atoms with van der Waals surface area (Å²) in [6, 6.07) is 12.2. The molecule has 3 rings (SSSR count). The lowest BCUT2D eigenvalue weighted by Gasteiger charge is -2.20. The Hall–Kier alpha value is -2.58. The van der Waals surface area contributed by atoms with Crippen LogP contribution in [0.2, 0.25) is 0 Å². The molecule has 1 saturated heterocycles. The fraction of sp³-hybridized carbons (Fsp3) is 0.316. The number of rotatable bonds is 5. The molecule has 2 aromatic rings. The van der Waals surface area contributed by atoms with E-state index in [1.807, 2.05) is 18.2 Å². The summed E-state index contributed by atoms with van der Waals surface area (Å²) < 4.78 is 44.5. The zero-order valence-electron chi connectivity index (χ0n) is 14.6. The minimum Gasteiger partial charge on any atom is -0.497 e. The van der Waals surface area contributed by atoms with Gasteiger partial charge in [-0.1, -0.05) is 30.3 Å². The maximum absolute atomic E-state index is 13.1. The van der Waals surface area contributed by atoms with Gasteiger partial charge in [-0.05, 0) is 29.3 Å². The van der Waals surface area contributed by atoms with Crippen molar-refractivity contribution in [1.82, 2.24) is 16.2 Å². The number of methoxy groups -OCH3 is 1. The predicted molar refractivity (Wildman–Crippen MR) is 93.7 cm³/mol. The van der Waals surface area contributed by atoms with Crippen molar-refractivity contribution in [2.75, 3.05) is 13.7 Å². The molecule has 1 fully saturated rings. The Morgan fingerprint density at radius 3 is 2.74 bits per heavy atom. The monoisotopic (exact) mass is 379 g/mol. The average Bonchev–Trinajstić information content (AvgIpc) is 3.15. The van der Waals surface area contributed by atoms with Gasteiger partial charge in [0.15, 0.2) is 0 Å². The Balaban J connectivity index is 1.71. The summed E-state index contributed by atoms with van der Waals surface area (Å²) in [5.74, 6) is -0.119. The van der Waals surface area contributed by atoms with E-state index in [-0.39, 0.29) is 24.1 Å². The smallest absolute Gasteiger partial charge is 0.416 e. The second-order valence-electron chi connectivity index (χ2n) is 6.26. The summed E-state index contributed by atoms with van der Waals surface area (Å²) in [4.78, 5) is 12.6. The number of halogens is 3. The second-order valence-corrected chi connectivity index (χ2v) is 6.26. The fourth-order valence-corrected chi connectivity index (χ4v) is 3.16. The minimum absolute atomic E-state index is 0.0372. The van der Waals surface area contributed by atoms with Gasteiger partial charge < -0.3 is 10.1 Å². The fourth-order valence-electron chi connectivity index (χ4n) is 3.16. The molecule has 27 heavy (non-hydrogen) atoms. The van der Waals surface area contributed by atoms with Gasteiger partial charge in [0, 0.05) is 13.1 Å². The van der Waals surface area contributed by atoms with Crippen LogP contribution < -0.4 is 20.9 Å². The molecule has 0 aromatic heterocycles. The molecule has 1 amide bonds. The van der Waals surface area contributed by atoms with E-state index in [1.54, 1.807) is 13.2 Å². The van der Waals surface area contributed by atoms with Gasteiger partial charge >= 0.3 is 6.18 Å². The number of ether oxygens (including phenoxy) is 1. The summed E-state index contributed by atoms with van der Waals surface area (Å²) in [5, 5.41) is 2.63. The van der Waals surface area contributed by atoms with Crippen LogP contribution in [0.1, 0.15) is 22.7 Å². The van der Waals surface area contributed by atoms with E-state index in [0.717, 1.165) is 11.6 Å². The molecule has 3 N–H and O–H groups in total. The number of alkyl halides is 3. The SMILES string of the molecule is COc1cccc(C2NNCC2C(=O)NCc2ccccc2C(F)(F)F)c1. The number of carbonyl (C=O) groups excluding carboxylic acids is 1. The number of hydrogen-bond donors (Lipinski definition) is 3. The maximum atomic E-state index is 13.1. The van der Waals surface area contributed by atoms with E-state index in [1.165, 1.54) is 18.2 Å². The van der Waals surface area contributed by atoms with Crippen LogP contribution in [-0.2, 0) is 17.5 Å². The lowest BCUT2D eigenvalue weighted by molar-refractivity contribution is -0.138. The van der Waals surface area contributed by atoms with Crippen LogP contribution in [0.4, 0.5) is 13.2 Å². The maximum Gasteiger partial charge on any atom is 0.416 e. The second kappa shape index (κ2) is 7.98. The Morgan fingerprint density at radius 1 is 1.22 bits per heavy atom. The zero-order valence-corrected chi connectivity index (χ0v) is 14.6. The van der Waals surface area contributed by atoms with Crippen molar-refractivity contribution >= 4 is 5.91 Å². The molecule has 0 aliphatic carbocycles. The van der Waals surface area contributed by atoms with E-state index in [4.69, 9.17) is 4.74 Å². The average molecular weight is 379 g/mol. The molecule has 2 aromatic carbocycles. The summed E-state index contributed by atoms with van der Waals surface area (Å²) in [6.45, 7) is 0.185. The molecule has 1 heterocycles. The molecular formula is C19H20F3N3O2. The molecule has 0 saturated carbocycles. The molecule has 2 unspecified atom stereocenters. The lowest BCUT2D eigenvalue weighted by atomic mass is 9.94. The van der Waals surface area contributed by atoms with Crippen LogP contribution in [0, 0.1) is 5.92 Å². The van der Waals surface area contributed by atoms with Crippen LogP contribution in [0.15, 0.2) is 48.5 Å². The quantitative estimate of drug-likeness (QED) is 0.748. The van der Waals surface area contributed by atoms with Crippen LogP contribution in [0.3, 0.4) is 0 Å². The minimum atomic E-state index is -4.46. The highest BCUT2D eigenvalue weighted by Gasteiger charge is 2.35. The number of nitrogens with one attached hydrogen (secondary N) is 3. The van der Waals surface area contributed by atoms with Crippen molar-refractivity contribution < 1.29 is 22.7 Å². The van der Waals surface area contributed by atoms with E-state index in [2.05, 4.69) is 16.2 Å². The first-order valence-electron chi connectivity index (χ1n) is 8.45. The van der Waals surface area contributed by atoms with Gasteiger partial charge in [0.2, 0.25) is 5.91 Å². The van der Waals surface area contributed by atoms with Gasteiger partial charge in [-0.2, -0.15) is 13.2 Å². The lowest BCUT2D eigenvalue weighted by Crippen LogP contribution is -2.35. The first kappa shape index (κ1) is 19.2. The Morgan fingerprint density at radius 2 is 2.00 bits per heavy atom. The molecule has 144 valence electrons. The van der Waals surface area contributed by atoms with Crippen molar-refractivity contribution in [2.24, 2.45) is 5.92 Å².